The molecule has 0 fully saturated rings. The summed E-state index contributed by atoms with van der Waals surface area (Å²) in [6.07, 6.45) is 5.56. The topological polar surface area (TPSA) is 64.6 Å². The maximum absolute atomic E-state index is 7.84. The number of nitrogens with one attached hydrogen (secondary N) is 3. The quantitative estimate of drug-likeness (QED) is 0.328. The lowest BCUT2D eigenvalue weighted by atomic mass is 10.2. The third-order valence-corrected chi connectivity index (χ3v) is 3.92. The number of halogens is 3. The fraction of sp³-hybridized carbons (Fsp3) is 0.286. The Morgan fingerprint density at radius 2 is 2.00 bits per heavy atom. The summed E-state index contributed by atoms with van der Waals surface area (Å²) >= 11 is 7.36. The molecule has 0 atom stereocenters. The number of hydrogen-bond acceptors (Lipinski definition) is 3. The van der Waals surface area contributed by atoms with E-state index in [2.05, 4.69) is 15.3 Å². The molecule has 0 radical (unpaired) electrons. The first-order chi connectivity index (χ1) is 9.74. The zero-order valence-corrected chi connectivity index (χ0v) is 16.8. The van der Waals surface area contributed by atoms with Crippen LogP contribution in [-0.4, -0.2) is 20.9 Å². The number of amidine groups is 1. The van der Waals surface area contributed by atoms with Crippen molar-refractivity contribution in [2.75, 3.05) is 5.75 Å². The van der Waals surface area contributed by atoms with E-state index in [0.29, 0.717) is 11.7 Å². The van der Waals surface area contributed by atoms with E-state index in [1.165, 1.54) is 11.8 Å². The monoisotopic (exact) mass is 468 g/mol. The minimum absolute atomic E-state index is 0. The molecule has 8 heteroatoms. The number of rotatable bonds is 6. The van der Waals surface area contributed by atoms with E-state index in [-0.39, 0.29) is 34.0 Å². The molecule has 0 aliphatic carbocycles. The van der Waals surface area contributed by atoms with E-state index < -0.39 is 0 Å². The van der Waals surface area contributed by atoms with Crippen LogP contribution in [0.3, 0.4) is 0 Å². The molecule has 0 aliphatic heterocycles. The van der Waals surface area contributed by atoms with Crippen LogP contribution in [0.5, 0.6) is 0 Å². The fourth-order valence-electron chi connectivity index (χ4n) is 1.69. The number of thioether (sulfide) groups is 1. The Morgan fingerprint density at radius 1 is 1.27 bits per heavy atom. The molecule has 2 rings (SSSR count). The Morgan fingerprint density at radius 3 is 2.64 bits per heavy atom. The number of aryl methyl sites for hydroxylation is 1. The second-order valence-electron chi connectivity index (χ2n) is 4.32. The average Bonchev–Trinajstić information content (AvgIpc) is 2.96. The molecule has 122 valence electrons. The minimum Gasteiger partial charge on any atom is -0.361 e. The molecule has 0 saturated heterocycles. The molecule has 2 aromatic rings. The van der Waals surface area contributed by atoms with E-state index in [1.807, 2.05) is 30.5 Å². The standard InChI is InChI=1S/C14H17ClN4S.2BrH/c15-12-5-3-11(4-6-12)8-18-14(16)20-7-1-2-13-9-17-10-19-13;;/h3-6,9-10H,1-2,7-8H2,(H2,16,18)(H,17,19);2*1H. The molecular weight excluding hydrogens is 452 g/mol. The van der Waals surface area contributed by atoms with Crippen LogP contribution in [0.4, 0.5) is 0 Å². The first kappa shape index (κ1) is 21.5. The predicted octanol–water partition coefficient (Wildman–Crippen LogP) is 4.61. The minimum atomic E-state index is 0. The van der Waals surface area contributed by atoms with Gasteiger partial charge in [-0.15, -0.1) is 34.0 Å². The van der Waals surface area contributed by atoms with Gasteiger partial charge in [-0.25, -0.2) is 4.98 Å². The molecule has 0 saturated carbocycles. The van der Waals surface area contributed by atoms with Crippen LogP contribution in [0.1, 0.15) is 17.7 Å². The van der Waals surface area contributed by atoms with Gasteiger partial charge < -0.3 is 10.3 Å². The Hall–Kier alpha value is -0.500. The van der Waals surface area contributed by atoms with Crippen molar-refractivity contribution < 1.29 is 0 Å². The van der Waals surface area contributed by atoms with Gasteiger partial charge in [-0.1, -0.05) is 35.5 Å². The highest BCUT2D eigenvalue weighted by molar-refractivity contribution is 8.93. The van der Waals surface area contributed by atoms with E-state index in [1.54, 1.807) is 6.33 Å². The Kier molecular flexibility index (Phi) is 11.7. The molecule has 0 aliphatic rings. The lowest BCUT2D eigenvalue weighted by molar-refractivity contribution is 0.899. The molecule has 0 bridgehead atoms. The number of benzene rings is 1. The molecule has 1 aromatic carbocycles. The summed E-state index contributed by atoms with van der Waals surface area (Å²) in [5.41, 5.74) is 2.20. The Balaban J connectivity index is 0.00000220. The van der Waals surface area contributed by atoms with Crippen LogP contribution in [0.15, 0.2) is 36.8 Å². The molecule has 3 N–H and O–H groups in total. The molecule has 1 aromatic heterocycles. The first-order valence-electron chi connectivity index (χ1n) is 6.41. The first-order valence-corrected chi connectivity index (χ1v) is 7.78. The number of H-pyrrole nitrogens is 1. The molecule has 0 spiro atoms. The summed E-state index contributed by atoms with van der Waals surface area (Å²) in [6.45, 7) is 0.655. The maximum atomic E-state index is 7.84. The second-order valence-corrected chi connectivity index (χ2v) is 5.86. The van der Waals surface area contributed by atoms with Gasteiger partial charge in [0.05, 0.1) is 12.0 Å². The predicted molar refractivity (Wildman–Crippen MR) is 106 cm³/mol. The van der Waals surface area contributed by atoms with Crippen molar-refractivity contribution in [2.45, 2.75) is 19.4 Å². The van der Waals surface area contributed by atoms with Gasteiger partial charge in [0.1, 0.15) is 0 Å². The zero-order valence-electron chi connectivity index (χ0n) is 11.8. The van der Waals surface area contributed by atoms with Gasteiger partial charge in [0.25, 0.3) is 0 Å². The second kappa shape index (κ2) is 12.0. The van der Waals surface area contributed by atoms with Crippen molar-refractivity contribution >= 4 is 62.5 Å². The van der Waals surface area contributed by atoms with E-state index in [0.717, 1.165) is 34.9 Å². The van der Waals surface area contributed by atoms with Crippen LogP contribution in [0.25, 0.3) is 0 Å². The molecule has 4 nitrogen and oxygen atoms in total. The van der Waals surface area contributed by atoms with Crippen molar-refractivity contribution in [3.63, 3.8) is 0 Å². The van der Waals surface area contributed by atoms with E-state index in [9.17, 15) is 0 Å². The lowest BCUT2D eigenvalue weighted by Crippen LogP contribution is -2.19. The summed E-state index contributed by atoms with van der Waals surface area (Å²) in [5, 5.41) is 12.2. The van der Waals surface area contributed by atoms with Crippen molar-refractivity contribution in [2.24, 2.45) is 0 Å². The Labute approximate surface area is 160 Å². The molecular formula is C14H19Br2ClN4S. The number of nitrogens with zero attached hydrogens (tertiary/aromatic N) is 1. The van der Waals surface area contributed by atoms with Gasteiger partial charge in [0.15, 0.2) is 5.17 Å². The largest absolute Gasteiger partial charge is 0.361 e. The zero-order chi connectivity index (χ0) is 14.2. The van der Waals surface area contributed by atoms with E-state index in [4.69, 9.17) is 17.0 Å². The van der Waals surface area contributed by atoms with Crippen molar-refractivity contribution in [1.29, 1.82) is 5.41 Å². The number of imidazole rings is 1. The van der Waals surface area contributed by atoms with Crippen molar-refractivity contribution in [1.82, 2.24) is 15.3 Å². The normalized spacial score (nSPS) is 9.50. The SMILES string of the molecule is Br.Br.N=C(NCc1ccc(Cl)cc1)SCCCc1c[nH]cn1. The highest BCUT2D eigenvalue weighted by Gasteiger charge is 2.00. The number of hydrogen-bond donors (Lipinski definition) is 3. The van der Waals surface area contributed by atoms with Gasteiger partial charge >= 0.3 is 0 Å². The van der Waals surface area contributed by atoms with Gasteiger partial charge in [-0.2, -0.15) is 0 Å². The molecule has 1 heterocycles. The van der Waals surface area contributed by atoms with Gasteiger partial charge in [0, 0.05) is 23.5 Å². The summed E-state index contributed by atoms with van der Waals surface area (Å²) in [7, 11) is 0. The van der Waals surface area contributed by atoms with Gasteiger partial charge in [0.2, 0.25) is 0 Å². The smallest absolute Gasteiger partial charge is 0.153 e. The molecule has 0 amide bonds. The third kappa shape index (κ3) is 8.22. The van der Waals surface area contributed by atoms with Crippen LogP contribution in [-0.2, 0) is 13.0 Å². The van der Waals surface area contributed by atoms with Gasteiger partial charge in [-0.05, 0) is 30.5 Å². The summed E-state index contributed by atoms with van der Waals surface area (Å²) in [6, 6.07) is 7.65. The van der Waals surface area contributed by atoms with Crippen LogP contribution in [0, 0.1) is 5.41 Å². The van der Waals surface area contributed by atoms with Crippen molar-refractivity contribution in [3.05, 3.63) is 53.1 Å². The van der Waals surface area contributed by atoms with E-state index >= 15 is 0 Å². The summed E-state index contributed by atoms with van der Waals surface area (Å²) < 4.78 is 0. The van der Waals surface area contributed by atoms with Gasteiger partial charge in [-0.3, -0.25) is 5.41 Å². The molecule has 0 unspecified atom stereocenters. The summed E-state index contributed by atoms with van der Waals surface area (Å²) in [5.74, 6) is 0.916. The lowest BCUT2D eigenvalue weighted by Gasteiger charge is -2.07. The van der Waals surface area contributed by atoms with Crippen molar-refractivity contribution in [3.8, 4) is 0 Å². The highest BCUT2D eigenvalue weighted by atomic mass is 79.9. The molecule has 22 heavy (non-hydrogen) atoms. The fourth-order valence-corrected chi connectivity index (χ4v) is 2.48. The van der Waals surface area contributed by atoms with Crippen LogP contribution >= 0.6 is 57.3 Å². The summed E-state index contributed by atoms with van der Waals surface area (Å²) in [4.78, 5) is 7.11. The number of aromatic nitrogens is 2. The third-order valence-electron chi connectivity index (χ3n) is 2.74. The van der Waals surface area contributed by atoms with Crippen LogP contribution in [0.2, 0.25) is 5.02 Å². The van der Waals surface area contributed by atoms with Crippen LogP contribution < -0.4 is 5.32 Å². The average molecular weight is 471 g/mol. The number of aromatic amines is 1. The maximum Gasteiger partial charge on any atom is 0.153 e. The highest BCUT2D eigenvalue weighted by Crippen LogP contribution is 2.10. The Bertz CT molecular complexity index is 534.